The van der Waals surface area contributed by atoms with Crippen LogP contribution < -0.4 is 4.74 Å². The molecule has 2 fully saturated rings. The van der Waals surface area contributed by atoms with Crippen LogP contribution in [0.1, 0.15) is 16.8 Å². The Bertz CT molecular complexity index is 652. The number of carbonyl (C=O) groups is 2. The average molecular weight is 350 g/mol. The zero-order chi connectivity index (χ0) is 17.9. The number of methoxy groups -OCH3 is 1. The lowest BCUT2D eigenvalue weighted by atomic mass is 9.74. The van der Waals surface area contributed by atoms with E-state index in [4.69, 9.17) is 14.2 Å². The topological polar surface area (TPSA) is 98.2 Å². The van der Waals surface area contributed by atoms with Gasteiger partial charge in [-0.25, -0.2) is 4.98 Å². The number of amides is 1. The number of ether oxygens (including phenoxy) is 3. The number of carboxylic acid groups (broad SMARTS) is 1. The molecular weight excluding hydrogens is 328 g/mol. The van der Waals surface area contributed by atoms with Crippen molar-refractivity contribution in [1.29, 1.82) is 0 Å². The van der Waals surface area contributed by atoms with Crippen LogP contribution in [0, 0.1) is 11.3 Å². The molecule has 0 aliphatic carbocycles. The van der Waals surface area contributed by atoms with Gasteiger partial charge in [0.05, 0.1) is 18.6 Å². The summed E-state index contributed by atoms with van der Waals surface area (Å²) < 4.78 is 15.8. The van der Waals surface area contributed by atoms with Gasteiger partial charge in [-0.2, -0.15) is 0 Å². The van der Waals surface area contributed by atoms with Crippen molar-refractivity contribution in [2.45, 2.75) is 6.42 Å². The van der Waals surface area contributed by atoms with Gasteiger partial charge in [-0.15, -0.1) is 0 Å². The lowest BCUT2D eigenvalue weighted by molar-refractivity contribution is -0.157. The van der Waals surface area contributed by atoms with Crippen molar-refractivity contribution in [3.8, 4) is 5.88 Å². The largest absolute Gasteiger partial charge is 0.481 e. The van der Waals surface area contributed by atoms with Gasteiger partial charge in [-0.1, -0.05) is 0 Å². The molecule has 2 aliphatic rings. The van der Waals surface area contributed by atoms with E-state index in [0.717, 1.165) is 0 Å². The van der Waals surface area contributed by atoms with Gasteiger partial charge in [-0.05, 0) is 12.5 Å². The van der Waals surface area contributed by atoms with Gasteiger partial charge in [0.25, 0.3) is 5.91 Å². The number of nitrogens with zero attached hydrogens (tertiary/aromatic N) is 2. The first-order valence-corrected chi connectivity index (χ1v) is 8.25. The van der Waals surface area contributed by atoms with Crippen LogP contribution in [-0.4, -0.2) is 73.5 Å². The molecule has 3 rings (SSSR count). The van der Waals surface area contributed by atoms with E-state index in [1.807, 2.05) is 0 Å². The summed E-state index contributed by atoms with van der Waals surface area (Å²) in [5.41, 5.74) is -0.471. The molecule has 0 radical (unpaired) electrons. The summed E-state index contributed by atoms with van der Waals surface area (Å²) in [6.07, 6.45) is 1.94. The van der Waals surface area contributed by atoms with Crippen LogP contribution in [0.4, 0.5) is 0 Å². The summed E-state index contributed by atoms with van der Waals surface area (Å²) in [4.78, 5) is 30.3. The minimum atomic E-state index is -0.904. The molecule has 8 heteroatoms. The Balaban J connectivity index is 1.73. The van der Waals surface area contributed by atoms with E-state index in [1.165, 1.54) is 6.20 Å². The molecule has 2 atom stereocenters. The molecule has 1 aromatic rings. The van der Waals surface area contributed by atoms with Crippen molar-refractivity contribution < 1.29 is 28.9 Å². The van der Waals surface area contributed by atoms with Gasteiger partial charge >= 0.3 is 5.97 Å². The standard InChI is InChI=1S/C17H22N2O6/c1-23-6-7-25-14-8-12(2-4-18-14)15(20)19-9-13-10-24-5-3-17(13,11-19)16(21)22/h2,4,8,13H,3,5-7,9-11H2,1H3,(H,21,22)/t13-,17+/m0/s1. The SMILES string of the molecule is COCCOc1cc(C(=O)N2C[C@H]3COCC[C@@]3(C(=O)O)C2)ccn1. The van der Waals surface area contributed by atoms with Gasteiger partial charge in [0.15, 0.2) is 0 Å². The lowest BCUT2D eigenvalue weighted by Crippen LogP contribution is -2.45. The second-order valence-corrected chi connectivity index (χ2v) is 6.39. The summed E-state index contributed by atoms with van der Waals surface area (Å²) >= 11 is 0. The number of fused-ring (bicyclic) bond motifs is 1. The molecule has 136 valence electrons. The molecular formula is C17H22N2O6. The fourth-order valence-electron chi connectivity index (χ4n) is 3.49. The second kappa shape index (κ2) is 7.37. The van der Waals surface area contributed by atoms with Crippen molar-refractivity contribution >= 4 is 11.9 Å². The number of hydrogen-bond acceptors (Lipinski definition) is 6. The van der Waals surface area contributed by atoms with Gasteiger partial charge < -0.3 is 24.2 Å². The molecule has 0 spiro atoms. The van der Waals surface area contributed by atoms with Crippen molar-refractivity contribution in [1.82, 2.24) is 9.88 Å². The summed E-state index contributed by atoms with van der Waals surface area (Å²) in [7, 11) is 1.57. The zero-order valence-electron chi connectivity index (χ0n) is 14.1. The minimum Gasteiger partial charge on any atom is -0.481 e. The van der Waals surface area contributed by atoms with E-state index in [2.05, 4.69) is 4.98 Å². The molecule has 1 aromatic heterocycles. The highest BCUT2D eigenvalue weighted by atomic mass is 16.5. The van der Waals surface area contributed by atoms with Crippen molar-refractivity contribution in [2.75, 3.05) is 46.6 Å². The summed E-state index contributed by atoms with van der Waals surface area (Å²) in [6, 6.07) is 3.18. The Morgan fingerprint density at radius 2 is 2.32 bits per heavy atom. The first-order chi connectivity index (χ1) is 12.1. The van der Waals surface area contributed by atoms with Crippen LogP contribution in [0.25, 0.3) is 0 Å². The van der Waals surface area contributed by atoms with Crippen LogP contribution in [-0.2, 0) is 14.3 Å². The maximum absolute atomic E-state index is 12.8. The summed E-state index contributed by atoms with van der Waals surface area (Å²) in [5, 5.41) is 9.70. The van der Waals surface area contributed by atoms with Gasteiger partial charge in [0.2, 0.25) is 5.88 Å². The highest BCUT2D eigenvalue weighted by Crippen LogP contribution is 2.42. The Morgan fingerprint density at radius 3 is 3.04 bits per heavy atom. The van der Waals surface area contributed by atoms with E-state index >= 15 is 0 Å². The fraction of sp³-hybridized carbons (Fsp3) is 0.588. The Labute approximate surface area is 145 Å². The van der Waals surface area contributed by atoms with E-state index in [0.29, 0.717) is 50.8 Å². The summed E-state index contributed by atoms with van der Waals surface area (Å²) in [6.45, 7) is 2.14. The predicted molar refractivity (Wildman–Crippen MR) is 86.5 cm³/mol. The van der Waals surface area contributed by atoms with Crippen LogP contribution in [0.5, 0.6) is 5.88 Å². The second-order valence-electron chi connectivity index (χ2n) is 6.39. The molecule has 2 saturated heterocycles. The smallest absolute Gasteiger partial charge is 0.311 e. The predicted octanol–water partition coefficient (Wildman–Crippen LogP) is 0.670. The molecule has 0 aromatic carbocycles. The van der Waals surface area contributed by atoms with E-state index < -0.39 is 11.4 Å². The van der Waals surface area contributed by atoms with Gasteiger partial charge in [0, 0.05) is 50.6 Å². The maximum atomic E-state index is 12.8. The first-order valence-electron chi connectivity index (χ1n) is 8.25. The number of carbonyl (C=O) groups excluding carboxylic acids is 1. The summed E-state index contributed by atoms with van der Waals surface area (Å²) in [5.74, 6) is -0.902. The number of rotatable bonds is 6. The van der Waals surface area contributed by atoms with Crippen molar-refractivity contribution in [2.24, 2.45) is 11.3 Å². The third kappa shape index (κ3) is 3.45. The highest BCUT2D eigenvalue weighted by Gasteiger charge is 2.54. The van der Waals surface area contributed by atoms with Gasteiger partial charge in [0.1, 0.15) is 6.61 Å². The number of pyridine rings is 1. The normalized spacial score (nSPS) is 25.5. The zero-order valence-corrected chi connectivity index (χ0v) is 14.1. The molecule has 8 nitrogen and oxygen atoms in total. The molecule has 3 heterocycles. The third-order valence-electron chi connectivity index (χ3n) is 4.94. The minimum absolute atomic E-state index is 0.179. The number of likely N-dealkylation sites (tertiary alicyclic amines) is 1. The maximum Gasteiger partial charge on any atom is 0.311 e. The number of aromatic nitrogens is 1. The van der Waals surface area contributed by atoms with E-state index in [-0.39, 0.29) is 18.4 Å². The Morgan fingerprint density at radius 1 is 1.48 bits per heavy atom. The monoisotopic (exact) mass is 350 g/mol. The number of carboxylic acids is 1. The molecule has 1 N–H and O–H groups in total. The van der Waals surface area contributed by atoms with Crippen molar-refractivity contribution in [3.63, 3.8) is 0 Å². The third-order valence-corrected chi connectivity index (χ3v) is 4.94. The van der Waals surface area contributed by atoms with Gasteiger partial charge in [-0.3, -0.25) is 9.59 Å². The Kier molecular flexibility index (Phi) is 5.19. The molecule has 0 saturated carbocycles. The number of hydrogen-bond donors (Lipinski definition) is 1. The molecule has 1 amide bonds. The van der Waals surface area contributed by atoms with Crippen molar-refractivity contribution in [3.05, 3.63) is 23.9 Å². The average Bonchev–Trinajstić information content (AvgIpc) is 3.03. The first kappa shape index (κ1) is 17.6. The number of aliphatic carboxylic acids is 1. The molecule has 2 aliphatic heterocycles. The van der Waals surface area contributed by atoms with E-state index in [9.17, 15) is 14.7 Å². The highest BCUT2D eigenvalue weighted by molar-refractivity contribution is 5.95. The molecule has 0 bridgehead atoms. The fourth-order valence-corrected chi connectivity index (χ4v) is 3.49. The lowest BCUT2D eigenvalue weighted by Gasteiger charge is -2.33. The molecule has 25 heavy (non-hydrogen) atoms. The van der Waals surface area contributed by atoms with E-state index in [1.54, 1.807) is 24.1 Å². The molecule has 0 unspecified atom stereocenters. The van der Waals surface area contributed by atoms with Crippen LogP contribution in [0.3, 0.4) is 0 Å². The van der Waals surface area contributed by atoms with Crippen LogP contribution >= 0.6 is 0 Å². The quantitative estimate of drug-likeness (QED) is 0.753. The Hall–Kier alpha value is -2.19. The van der Waals surface area contributed by atoms with Crippen LogP contribution in [0.15, 0.2) is 18.3 Å². The van der Waals surface area contributed by atoms with Crippen LogP contribution in [0.2, 0.25) is 0 Å².